The van der Waals surface area contributed by atoms with Crippen LogP contribution in [0.15, 0.2) is 24.3 Å². The summed E-state index contributed by atoms with van der Waals surface area (Å²) < 4.78 is 10.6. The van der Waals surface area contributed by atoms with E-state index >= 15 is 0 Å². The maximum absolute atomic E-state index is 11.6. The summed E-state index contributed by atoms with van der Waals surface area (Å²) in [5.41, 5.74) is 7.53. The number of rotatable bonds is 5. The minimum absolute atomic E-state index is 0.0933. The molecule has 1 aliphatic heterocycles. The van der Waals surface area contributed by atoms with Crippen LogP contribution in [0.1, 0.15) is 24.8 Å². The average Bonchev–Trinajstić information content (AvgIpc) is 2.88. The SMILES string of the molecule is Nc1ccccc1CCC(=O)OCC1CCCO1. The molecular weight excluding hydrogens is 230 g/mol. The lowest BCUT2D eigenvalue weighted by molar-refractivity contribution is -0.146. The van der Waals surface area contributed by atoms with Crippen molar-refractivity contribution >= 4 is 11.7 Å². The van der Waals surface area contributed by atoms with E-state index in [4.69, 9.17) is 15.2 Å². The number of ether oxygens (including phenoxy) is 2. The van der Waals surface area contributed by atoms with Crippen LogP contribution in [0.3, 0.4) is 0 Å². The number of nitrogen functional groups attached to an aromatic ring is 1. The van der Waals surface area contributed by atoms with Gasteiger partial charge in [0.15, 0.2) is 0 Å². The Labute approximate surface area is 107 Å². The number of hydrogen-bond donors (Lipinski definition) is 1. The Hall–Kier alpha value is -1.55. The van der Waals surface area contributed by atoms with E-state index in [9.17, 15) is 4.79 Å². The third-order valence-electron chi connectivity index (χ3n) is 3.11. The van der Waals surface area contributed by atoms with Gasteiger partial charge in [-0.1, -0.05) is 18.2 Å². The highest BCUT2D eigenvalue weighted by Gasteiger charge is 2.17. The van der Waals surface area contributed by atoms with E-state index in [1.807, 2.05) is 24.3 Å². The Morgan fingerprint density at radius 1 is 1.44 bits per heavy atom. The molecule has 1 aromatic rings. The zero-order chi connectivity index (χ0) is 12.8. The molecule has 4 heteroatoms. The molecular formula is C14H19NO3. The number of nitrogens with two attached hydrogens (primary N) is 1. The first kappa shape index (κ1) is 12.9. The lowest BCUT2D eigenvalue weighted by Crippen LogP contribution is -2.18. The van der Waals surface area contributed by atoms with Gasteiger partial charge >= 0.3 is 5.97 Å². The summed E-state index contributed by atoms with van der Waals surface area (Å²) in [4.78, 5) is 11.6. The van der Waals surface area contributed by atoms with Crippen molar-refractivity contribution in [1.29, 1.82) is 0 Å². The van der Waals surface area contributed by atoms with E-state index < -0.39 is 0 Å². The monoisotopic (exact) mass is 249 g/mol. The predicted octanol–water partition coefficient (Wildman–Crippen LogP) is 1.92. The molecule has 1 unspecified atom stereocenters. The average molecular weight is 249 g/mol. The van der Waals surface area contributed by atoms with Gasteiger partial charge in [0.1, 0.15) is 6.61 Å². The van der Waals surface area contributed by atoms with Crippen molar-refractivity contribution in [2.24, 2.45) is 0 Å². The van der Waals surface area contributed by atoms with Crippen LogP contribution in [0.25, 0.3) is 0 Å². The van der Waals surface area contributed by atoms with Crippen LogP contribution in [0.5, 0.6) is 0 Å². The van der Waals surface area contributed by atoms with Gasteiger partial charge in [-0.3, -0.25) is 4.79 Å². The van der Waals surface area contributed by atoms with Gasteiger partial charge in [-0.2, -0.15) is 0 Å². The predicted molar refractivity (Wildman–Crippen MR) is 69.1 cm³/mol. The molecule has 0 amide bonds. The number of aryl methyl sites for hydroxylation is 1. The normalized spacial score (nSPS) is 18.8. The van der Waals surface area contributed by atoms with E-state index in [1.165, 1.54) is 0 Å². The lowest BCUT2D eigenvalue weighted by atomic mass is 10.1. The van der Waals surface area contributed by atoms with Crippen molar-refractivity contribution in [3.8, 4) is 0 Å². The first-order chi connectivity index (χ1) is 8.75. The van der Waals surface area contributed by atoms with Crippen molar-refractivity contribution in [2.45, 2.75) is 31.8 Å². The summed E-state index contributed by atoms with van der Waals surface area (Å²) in [5, 5.41) is 0. The number of carbonyl (C=O) groups is 1. The fourth-order valence-electron chi connectivity index (χ4n) is 2.03. The fraction of sp³-hybridized carbons (Fsp3) is 0.500. The van der Waals surface area contributed by atoms with E-state index in [-0.39, 0.29) is 12.1 Å². The van der Waals surface area contributed by atoms with Gasteiger partial charge < -0.3 is 15.2 Å². The molecule has 1 atom stereocenters. The number of esters is 1. The highest BCUT2D eigenvalue weighted by atomic mass is 16.6. The van der Waals surface area contributed by atoms with Gasteiger partial charge in [0.2, 0.25) is 0 Å². The molecule has 0 aromatic heterocycles. The van der Waals surface area contributed by atoms with Crippen molar-refractivity contribution in [2.75, 3.05) is 18.9 Å². The molecule has 0 spiro atoms. The smallest absolute Gasteiger partial charge is 0.306 e. The molecule has 1 fully saturated rings. The molecule has 4 nitrogen and oxygen atoms in total. The van der Waals surface area contributed by atoms with Crippen LogP contribution in [0, 0.1) is 0 Å². The number of benzene rings is 1. The Bertz CT molecular complexity index is 400. The Morgan fingerprint density at radius 3 is 3.00 bits per heavy atom. The lowest BCUT2D eigenvalue weighted by Gasteiger charge is -2.10. The maximum atomic E-state index is 11.6. The van der Waals surface area contributed by atoms with Crippen LogP contribution in [0.2, 0.25) is 0 Å². The Kier molecular flexibility index (Phi) is 4.59. The van der Waals surface area contributed by atoms with Crippen molar-refractivity contribution in [3.63, 3.8) is 0 Å². The van der Waals surface area contributed by atoms with Gasteiger partial charge in [0, 0.05) is 18.7 Å². The summed E-state index contributed by atoms with van der Waals surface area (Å²) in [6, 6.07) is 7.58. The summed E-state index contributed by atoms with van der Waals surface area (Å²) in [6.45, 7) is 1.16. The minimum atomic E-state index is -0.186. The molecule has 1 heterocycles. The molecule has 0 saturated carbocycles. The third-order valence-corrected chi connectivity index (χ3v) is 3.11. The number of anilines is 1. The number of hydrogen-bond acceptors (Lipinski definition) is 4. The second-order valence-corrected chi connectivity index (χ2v) is 4.52. The van der Waals surface area contributed by atoms with Crippen LogP contribution in [-0.4, -0.2) is 25.3 Å². The second kappa shape index (κ2) is 6.40. The van der Waals surface area contributed by atoms with Crippen molar-refractivity contribution < 1.29 is 14.3 Å². The summed E-state index contributed by atoms with van der Waals surface area (Å²) in [5.74, 6) is -0.186. The molecule has 2 N–H and O–H groups in total. The van der Waals surface area contributed by atoms with Gasteiger partial charge in [0.05, 0.1) is 6.10 Å². The molecule has 0 aliphatic carbocycles. The zero-order valence-corrected chi connectivity index (χ0v) is 10.4. The van der Waals surface area contributed by atoms with E-state index in [2.05, 4.69) is 0 Å². The second-order valence-electron chi connectivity index (χ2n) is 4.52. The minimum Gasteiger partial charge on any atom is -0.463 e. The molecule has 1 aromatic carbocycles. The Morgan fingerprint density at radius 2 is 2.28 bits per heavy atom. The van der Waals surface area contributed by atoms with Gasteiger partial charge in [0.25, 0.3) is 0 Å². The number of carbonyl (C=O) groups excluding carboxylic acids is 1. The van der Waals surface area contributed by atoms with Crippen molar-refractivity contribution in [3.05, 3.63) is 29.8 Å². The molecule has 0 radical (unpaired) electrons. The van der Waals surface area contributed by atoms with Gasteiger partial charge in [-0.05, 0) is 30.9 Å². The van der Waals surface area contributed by atoms with Crippen LogP contribution < -0.4 is 5.73 Å². The molecule has 18 heavy (non-hydrogen) atoms. The highest BCUT2D eigenvalue weighted by Crippen LogP contribution is 2.14. The molecule has 98 valence electrons. The molecule has 1 aliphatic rings. The number of para-hydroxylation sites is 1. The first-order valence-electron chi connectivity index (χ1n) is 6.36. The maximum Gasteiger partial charge on any atom is 0.306 e. The molecule has 2 rings (SSSR count). The van der Waals surface area contributed by atoms with Crippen molar-refractivity contribution in [1.82, 2.24) is 0 Å². The van der Waals surface area contributed by atoms with E-state index in [0.717, 1.165) is 30.7 Å². The quantitative estimate of drug-likeness (QED) is 0.639. The van der Waals surface area contributed by atoms with Gasteiger partial charge in [-0.25, -0.2) is 0 Å². The summed E-state index contributed by atoms with van der Waals surface area (Å²) in [6.07, 6.45) is 3.12. The Balaban J connectivity index is 1.69. The standard InChI is InChI=1S/C14H19NO3/c15-13-6-2-1-4-11(13)7-8-14(16)18-10-12-5-3-9-17-12/h1-2,4,6,12H,3,5,7-10,15H2. The van der Waals surface area contributed by atoms with E-state index in [1.54, 1.807) is 0 Å². The topological polar surface area (TPSA) is 61.6 Å². The molecule has 0 bridgehead atoms. The fourth-order valence-corrected chi connectivity index (χ4v) is 2.03. The zero-order valence-electron chi connectivity index (χ0n) is 10.4. The highest BCUT2D eigenvalue weighted by molar-refractivity contribution is 5.70. The summed E-state index contributed by atoms with van der Waals surface area (Å²) >= 11 is 0. The van der Waals surface area contributed by atoms with E-state index in [0.29, 0.717) is 19.4 Å². The largest absolute Gasteiger partial charge is 0.463 e. The third kappa shape index (κ3) is 3.74. The first-order valence-corrected chi connectivity index (χ1v) is 6.36. The van der Waals surface area contributed by atoms with Crippen LogP contribution in [0.4, 0.5) is 5.69 Å². The van der Waals surface area contributed by atoms with Crippen LogP contribution in [-0.2, 0) is 20.7 Å². The molecule has 1 saturated heterocycles. The summed E-state index contributed by atoms with van der Waals surface area (Å²) in [7, 11) is 0. The van der Waals surface area contributed by atoms with Crippen LogP contribution >= 0.6 is 0 Å². The van der Waals surface area contributed by atoms with Gasteiger partial charge in [-0.15, -0.1) is 0 Å².